The van der Waals surface area contributed by atoms with Crippen molar-refractivity contribution in [1.82, 2.24) is 9.80 Å². The summed E-state index contributed by atoms with van der Waals surface area (Å²) in [5, 5.41) is 11.6. The number of nitro benzene ring substituents is 1. The third kappa shape index (κ3) is 4.66. The van der Waals surface area contributed by atoms with Crippen LogP contribution in [0.4, 0.5) is 5.69 Å². The molecule has 0 radical (unpaired) electrons. The normalized spacial score (nSPS) is 20.2. The van der Waals surface area contributed by atoms with Crippen LogP contribution in [-0.2, 0) is 6.54 Å². The van der Waals surface area contributed by atoms with E-state index in [1.165, 1.54) is 6.07 Å². The zero-order chi connectivity index (χ0) is 17.1. The predicted molar refractivity (Wildman–Crippen MR) is 94.0 cm³/mol. The van der Waals surface area contributed by atoms with Gasteiger partial charge in [-0.25, -0.2) is 0 Å². The van der Waals surface area contributed by atoms with Crippen molar-refractivity contribution in [2.24, 2.45) is 5.92 Å². The van der Waals surface area contributed by atoms with E-state index in [4.69, 9.17) is 11.6 Å². The first kappa shape index (κ1) is 18.2. The van der Waals surface area contributed by atoms with Gasteiger partial charge in [0.25, 0.3) is 5.69 Å². The van der Waals surface area contributed by atoms with Crippen LogP contribution in [0.5, 0.6) is 0 Å². The van der Waals surface area contributed by atoms with Gasteiger partial charge in [-0.3, -0.25) is 19.9 Å². The number of halogens is 1. The molecule has 1 saturated heterocycles. The van der Waals surface area contributed by atoms with Crippen LogP contribution in [0.25, 0.3) is 0 Å². The molecule has 23 heavy (non-hydrogen) atoms. The highest BCUT2D eigenvalue weighted by Crippen LogP contribution is 2.28. The maximum Gasteiger partial charge on any atom is 0.274 e. The van der Waals surface area contributed by atoms with Crippen LogP contribution in [-0.4, -0.2) is 46.9 Å². The van der Waals surface area contributed by atoms with Crippen molar-refractivity contribution in [1.29, 1.82) is 0 Å². The first-order valence-electron chi connectivity index (χ1n) is 8.17. The van der Waals surface area contributed by atoms with Crippen molar-refractivity contribution in [3.63, 3.8) is 0 Å². The second-order valence-electron chi connectivity index (χ2n) is 6.94. The Kier molecular flexibility index (Phi) is 6.00. The molecule has 1 aliphatic heterocycles. The van der Waals surface area contributed by atoms with E-state index in [0.29, 0.717) is 23.5 Å². The summed E-state index contributed by atoms with van der Waals surface area (Å²) in [6, 6.07) is 3.79. The van der Waals surface area contributed by atoms with E-state index >= 15 is 0 Å². The average molecular weight is 340 g/mol. The van der Waals surface area contributed by atoms with Crippen LogP contribution in [0.1, 0.15) is 31.9 Å². The lowest BCUT2D eigenvalue weighted by Crippen LogP contribution is -2.52. The van der Waals surface area contributed by atoms with Crippen LogP contribution in [0.15, 0.2) is 12.1 Å². The molecule has 5 nitrogen and oxygen atoms in total. The number of nitrogens with zero attached hydrogens (tertiary/aromatic N) is 3. The lowest BCUT2D eigenvalue weighted by atomic mass is 10.0. The number of piperazine rings is 1. The standard InChI is InChI=1S/C17H26ClN3O2/c1-12(2)9-20-6-5-19(10-13(20)3)11-15-7-16(18)8-17(14(15)4)21(22)23/h7-8,12-13H,5-6,9-11H2,1-4H3/t13-/m0/s1. The monoisotopic (exact) mass is 339 g/mol. The van der Waals surface area contributed by atoms with Gasteiger partial charge in [0.15, 0.2) is 0 Å². The Morgan fingerprint density at radius 3 is 2.65 bits per heavy atom. The van der Waals surface area contributed by atoms with Crippen molar-refractivity contribution >= 4 is 17.3 Å². The quantitative estimate of drug-likeness (QED) is 0.606. The fourth-order valence-corrected chi connectivity index (χ4v) is 3.50. The second kappa shape index (κ2) is 7.60. The van der Waals surface area contributed by atoms with Gasteiger partial charge >= 0.3 is 0 Å². The summed E-state index contributed by atoms with van der Waals surface area (Å²) in [6.45, 7) is 13.4. The molecule has 2 rings (SSSR count). The highest BCUT2D eigenvalue weighted by molar-refractivity contribution is 6.30. The average Bonchev–Trinajstić information content (AvgIpc) is 2.44. The van der Waals surface area contributed by atoms with Gasteiger partial charge < -0.3 is 0 Å². The van der Waals surface area contributed by atoms with Crippen molar-refractivity contribution in [2.45, 2.75) is 40.3 Å². The summed E-state index contributed by atoms with van der Waals surface area (Å²) >= 11 is 6.06. The molecule has 1 fully saturated rings. The van der Waals surface area contributed by atoms with Gasteiger partial charge in [0.05, 0.1) is 4.92 Å². The molecular formula is C17H26ClN3O2. The molecule has 0 aliphatic carbocycles. The zero-order valence-corrected chi connectivity index (χ0v) is 15.1. The van der Waals surface area contributed by atoms with E-state index in [1.807, 2.05) is 13.0 Å². The zero-order valence-electron chi connectivity index (χ0n) is 14.4. The molecule has 0 spiro atoms. The number of rotatable bonds is 5. The Labute approximate surface area is 143 Å². The number of hydrogen-bond acceptors (Lipinski definition) is 4. The Morgan fingerprint density at radius 1 is 1.39 bits per heavy atom. The highest BCUT2D eigenvalue weighted by Gasteiger charge is 2.25. The molecule has 1 heterocycles. The van der Waals surface area contributed by atoms with Gasteiger partial charge in [-0.05, 0) is 31.4 Å². The van der Waals surface area contributed by atoms with E-state index in [0.717, 1.165) is 37.3 Å². The fourth-order valence-electron chi connectivity index (χ4n) is 3.27. The Bertz CT molecular complexity index is 577. The second-order valence-corrected chi connectivity index (χ2v) is 7.38. The Hall–Kier alpha value is -1.17. The maximum absolute atomic E-state index is 11.1. The highest BCUT2D eigenvalue weighted by atomic mass is 35.5. The minimum Gasteiger partial charge on any atom is -0.298 e. The molecule has 0 unspecified atom stereocenters. The Morgan fingerprint density at radius 2 is 2.09 bits per heavy atom. The van der Waals surface area contributed by atoms with Gasteiger partial charge in [-0.1, -0.05) is 25.4 Å². The van der Waals surface area contributed by atoms with Crippen LogP contribution in [0.3, 0.4) is 0 Å². The van der Waals surface area contributed by atoms with Gasteiger partial charge in [0, 0.05) is 55.4 Å². The Balaban J connectivity index is 2.08. The molecule has 0 bridgehead atoms. The predicted octanol–water partition coefficient (Wildman–Crippen LogP) is 3.72. The van der Waals surface area contributed by atoms with Crippen molar-refractivity contribution in [3.05, 3.63) is 38.4 Å². The van der Waals surface area contributed by atoms with Crippen LogP contribution < -0.4 is 0 Å². The van der Waals surface area contributed by atoms with Crippen molar-refractivity contribution in [3.8, 4) is 0 Å². The molecule has 1 atom stereocenters. The largest absolute Gasteiger partial charge is 0.298 e. The van der Waals surface area contributed by atoms with Gasteiger partial charge in [0.1, 0.15) is 0 Å². The van der Waals surface area contributed by atoms with E-state index < -0.39 is 0 Å². The fraction of sp³-hybridized carbons (Fsp3) is 0.647. The molecule has 6 heteroatoms. The maximum atomic E-state index is 11.1. The van der Waals surface area contributed by atoms with Crippen molar-refractivity contribution in [2.75, 3.05) is 26.2 Å². The van der Waals surface area contributed by atoms with Gasteiger partial charge in [0.2, 0.25) is 0 Å². The number of nitro groups is 1. The summed E-state index contributed by atoms with van der Waals surface area (Å²) < 4.78 is 0. The molecule has 0 aromatic heterocycles. The third-order valence-electron chi connectivity index (χ3n) is 4.49. The number of hydrogen-bond donors (Lipinski definition) is 0. The molecule has 1 aliphatic rings. The molecule has 1 aromatic carbocycles. The SMILES string of the molecule is Cc1c(CN2CCN(CC(C)C)[C@@H](C)C2)cc(Cl)cc1[N+](=O)[O-]. The van der Waals surface area contributed by atoms with E-state index in [2.05, 4.69) is 30.6 Å². The summed E-state index contributed by atoms with van der Waals surface area (Å²) in [6.07, 6.45) is 0. The molecule has 0 saturated carbocycles. The third-order valence-corrected chi connectivity index (χ3v) is 4.71. The van der Waals surface area contributed by atoms with E-state index in [1.54, 1.807) is 0 Å². The lowest BCUT2D eigenvalue weighted by Gasteiger charge is -2.40. The first-order chi connectivity index (χ1) is 10.8. The summed E-state index contributed by atoms with van der Waals surface area (Å²) in [5.41, 5.74) is 1.78. The summed E-state index contributed by atoms with van der Waals surface area (Å²) in [5.74, 6) is 0.668. The molecule has 128 valence electrons. The van der Waals surface area contributed by atoms with Gasteiger partial charge in [-0.2, -0.15) is 0 Å². The summed E-state index contributed by atoms with van der Waals surface area (Å²) in [4.78, 5) is 15.7. The molecular weight excluding hydrogens is 314 g/mol. The molecule has 0 N–H and O–H groups in total. The van der Waals surface area contributed by atoms with E-state index in [9.17, 15) is 10.1 Å². The molecule has 1 aromatic rings. The van der Waals surface area contributed by atoms with Crippen LogP contribution in [0, 0.1) is 23.0 Å². The van der Waals surface area contributed by atoms with E-state index in [-0.39, 0.29) is 10.6 Å². The van der Waals surface area contributed by atoms with Crippen LogP contribution >= 0.6 is 11.6 Å². The minimum absolute atomic E-state index is 0.110. The topological polar surface area (TPSA) is 49.6 Å². The van der Waals surface area contributed by atoms with Crippen molar-refractivity contribution < 1.29 is 4.92 Å². The van der Waals surface area contributed by atoms with Gasteiger partial charge in [-0.15, -0.1) is 0 Å². The first-order valence-corrected chi connectivity index (χ1v) is 8.55. The lowest BCUT2D eigenvalue weighted by molar-refractivity contribution is -0.385. The summed E-state index contributed by atoms with van der Waals surface area (Å²) in [7, 11) is 0. The number of benzene rings is 1. The van der Waals surface area contributed by atoms with Crippen LogP contribution in [0.2, 0.25) is 5.02 Å². The minimum atomic E-state index is -0.353. The molecule has 0 amide bonds. The smallest absolute Gasteiger partial charge is 0.274 e.